The van der Waals surface area contributed by atoms with E-state index in [-0.39, 0.29) is 0 Å². The standard InChI is InChI=1S/C15H19N/c1-3-14(2)9-7-8-12-16-13-15-10-5-4-6-11-15/h4-6,10-11,13-14H,3,9,12H2,1-2H3/b16-13+. The minimum absolute atomic E-state index is 0.603. The van der Waals surface area contributed by atoms with Gasteiger partial charge in [0.25, 0.3) is 0 Å². The number of nitrogens with zero attached hydrogens (tertiary/aromatic N) is 1. The van der Waals surface area contributed by atoms with Crippen LogP contribution in [0.15, 0.2) is 35.3 Å². The topological polar surface area (TPSA) is 12.4 Å². The zero-order chi connectivity index (χ0) is 11.6. The van der Waals surface area contributed by atoms with Crippen molar-refractivity contribution in [2.45, 2.75) is 26.7 Å². The van der Waals surface area contributed by atoms with Gasteiger partial charge in [-0.25, -0.2) is 0 Å². The fourth-order valence-corrected chi connectivity index (χ4v) is 1.18. The maximum atomic E-state index is 4.27. The summed E-state index contributed by atoms with van der Waals surface area (Å²) in [6, 6.07) is 10.1. The van der Waals surface area contributed by atoms with Gasteiger partial charge in [-0.2, -0.15) is 0 Å². The van der Waals surface area contributed by atoms with Crippen molar-refractivity contribution in [1.29, 1.82) is 0 Å². The molecule has 0 N–H and O–H groups in total. The molecule has 84 valence electrons. The Bertz CT molecular complexity index is 367. The van der Waals surface area contributed by atoms with Gasteiger partial charge in [0.1, 0.15) is 0 Å². The van der Waals surface area contributed by atoms with Crippen molar-refractivity contribution < 1.29 is 0 Å². The van der Waals surface area contributed by atoms with Crippen molar-refractivity contribution in [3.63, 3.8) is 0 Å². The first kappa shape index (κ1) is 12.5. The van der Waals surface area contributed by atoms with Crippen LogP contribution in [0.2, 0.25) is 0 Å². The molecular formula is C15H19N. The molecule has 0 radical (unpaired) electrons. The van der Waals surface area contributed by atoms with Crippen LogP contribution in [0, 0.1) is 17.8 Å². The minimum Gasteiger partial charge on any atom is -0.280 e. The van der Waals surface area contributed by atoms with E-state index < -0.39 is 0 Å². The molecule has 1 unspecified atom stereocenters. The van der Waals surface area contributed by atoms with Gasteiger partial charge in [-0.3, -0.25) is 4.99 Å². The smallest absolute Gasteiger partial charge is 0.0997 e. The lowest BCUT2D eigenvalue weighted by Crippen LogP contribution is -1.88. The molecule has 1 aromatic rings. The normalized spacial score (nSPS) is 12.1. The van der Waals surface area contributed by atoms with E-state index in [0.717, 1.165) is 12.0 Å². The highest BCUT2D eigenvalue weighted by molar-refractivity contribution is 5.79. The van der Waals surface area contributed by atoms with Crippen molar-refractivity contribution in [3.05, 3.63) is 35.9 Å². The quantitative estimate of drug-likeness (QED) is 0.536. The van der Waals surface area contributed by atoms with Crippen LogP contribution in [0.4, 0.5) is 0 Å². The second-order valence-electron chi connectivity index (χ2n) is 3.95. The van der Waals surface area contributed by atoms with Gasteiger partial charge in [-0.15, -0.1) is 5.92 Å². The van der Waals surface area contributed by atoms with Gasteiger partial charge in [-0.05, 0) is 11.5 Å². The van der Waals surface area contributed by atoms with E-state index in [1.807, 2.05) is 36.5 Å². The van der Waals surface area contributed by atoms with Gasteiger partial charge < -0.3 is 0 Å². The molecule has 0 aliphatic rings. The van der Waals surface area contributed by atoms with Crippen LogP contribution in [-0.2, 0) is 0 Å². The molecule has 0 bridgehead atoms. The summed E-state index contributed by atoms with van der Waals surface area (Å²) in [6.45, 7) is 5.02. The van der Waals surface area contributed by atoms with Crippen LogP contribution in [0.3, 0.4) is 0 Å². The lowest BCUT2D eigenvalue weighted by molar-refractivity contribution is 0.580. The van der Waals surface area contributed by atoms with Gasteiger partial charge in [0, 0.05) is 12.6 Å². The molecule has 0 aliphatic heterocycles. The van der Waals surface area contributed by atoms with Gasteiger partial charge in [0.2, 0.25) is 0 Å². The fourth-order valence-electron chi connectivity index (χ4n) is 1.18. The van der Waals surface area contributed by atoms with E-state index in [0.29, 0.717) is 12.5 Å². The van der Waals surface area contributed by atoms with Gasteiger partial charge >= 0.3 is 0 Å². The average molecular weight is 213 g/mol. The maximum Gasteiger partial charge on any atom is 0.0997 e. The molecule has 0 aromatic heterocycles. The summed E-state index contributed by atoms with van der Waals surface area (Å²) in [7, 11) is 0. The molecule has 0 heterocycles. The fraction of sp³-hybridized carbons (Fsp3) is 0.400. The Morgan fingerprint density at radius 1 is 1.25 bits per heavy atom. The van der Waals surface area contributed by atoms with E-state index >= 15 is 0 Å². The molecule has 1 atom stereocenters. The largest absolute Gasteiger partial charge is 0.280 e. The lowest BCUT2D eigenvalue weighted by atomic mass is 10.1. The highest BCUT2D eigenvalue weighted by Gasteiger charge is 1.92. The zero-order valence-corrected chi connectivity index (χ0v) is 10.1. The second kappa shape index (κ2) is 7.70. The average Bonchev–Trinajstić information content (AvgIpc) is 2.34. The zero-order valence-electron chi connectivity index (χ0n) is 10.1. The van der Waals surface area contributed by atoms with Crippen LogP contribution in [0.1, 0.15) is 32.3 Å². The number of aliphatic imine (C=N–C) groups is 1. The van der Waals surface area contributed by atoms with Crippen LogP contribution in [0.25, 0.3) is 0 Å². The summed E-state index contributed by atoms with van der Waals surface area (Å²) in [5.41, 5.74) is 1.13. The third kappa shape index (κ3) is 5.36. The van der Waals surface area contributed by atoms with E-state index in [2.05, 4.69) is 30.7 Å². The monoisotopic (exact) mass is 213 g/mol. The summed E-state index contributed by atoms with van der Waals surface area (Å²) in [6.07, 6.45) is 4.05. The van der Waals surface area contributed by atoms with Crippen LogP contribution in [-0.4, -0.2) is 12.8 Å². The Labute approximate surface area is 98.6 Å². The summed E-state index contributed by atoms with van der Waals surface area (Å²) in [5, 5.41) is 0. The molecule has 1 aromatic carbocycles. The molecule has 0 spiro atoms. The highest BCUT2D eigenvalue weighted by atomic mass is 14.7. The molecule has 0 saturated heterocycles. The molecule has 16 heavy (non-hydrogen) atoms. The number of benzene rings is 1. The molecule has 1 rings (SSSR count). The lowest BCUT2D eigenvalue weighted by Gasteiger charge is -1.99. The van der Waals surface area contributed by atoms with Gasteiger partial charge in [0.15, 0.2) is 0 Å². The Morgan fingerprint density at radius 3 is 2.69 bits per heavy atom. The first-order valence-electron chi connectivity index (χ1n) is 5.83. The summed E-state index contributed by atoms with van der Waals surface area (Å²) in [5.74, 6) is 6.93. The Hall–Kier alpha value is -1.55. The molecular weight excluding hydrogens is 194 g/mol. The molecule has 0 fully saturated rings. The second-order valence-corrected chi connectivity index (χ2v) is 3.95. The number of hydrogen-bond acceptors (Lipinski definition) is 1. The summed E-state index contributed by atoms with van der Waals surface area (Å²) >= 11 is 0. The van der Waals surface area contributed by atoms with Crippen molar-refractivity contribution >= 4 is 6.21 Å². The Morgan fingerprint density at radius 2 is 2.00 bits per heavy atom. The summed E-state index contributed by atoms with van der Waals surface area (Å²) < 4.78 is 0. The van der Waals surface area contributed by atoms with Gasteiger partial charge in [0.05, 0.1) is 6.54 Å². The predicted molar refractivity (Wildman–Crippen MR) is 70.8 cm³/mol. The van der Waals surface area contributed by atoms with Crippen molar-refractivity contribution in [3.8, 4) is 11.8 Å². The van der Waals surface area contributed by atoms with Crippen LogP contribution >= 0.6 is 0 Å². The molecule has 1 nitrogen and oxygen atoms in total. The first-order valence-corrected chi connectivity index (χ1v) is 5.83. The number of hydrogen-bond donors (Lipinski definition) is 0. The van der Waals surface area contributed by atoms with Crippen LogP contribution in [0.5, 0.6) is 0 Å². The highest BCUT2D eigenvalue weighted by Crippen LogP contribution is 2.03. The van der Waals surface area contributed by atoms with E-state index in [4.69, 9.17) is 0 Å². The van der Waals surface area contributed by atoms with E-state index in [1.165, 1.54) is 6.42 Å². The van der Waals surface area contributed by atoms with Crippen LogP contribution < -0.4 is 0 Å². The third-order valence-corrected chi connectivity index (χ3v) is 2.48. The van der Waals surface area contributed by atoms with E-state index in [9.17, 15) is 0 Å². The third-order valence-electron chi connectivity index (χ3n) is 2.48. The molecule has 0 saturated carbocycles. The molecule has 0 aliphatic carbocycles. The molecule has 0 amide bonds. The number of rotatable bonds is 4. The van der Waals surface area contributed by atoms with E-state index in [1.54, 1.807) is 0 Å². The minimum atomic E-state index is 0.603. The molecule has 1 heteroatoms. The SMILES string of the molecule is CCC(C)CC#CC/N=C/c1ccccc1. The maximum absolute atomic E-state index is 4.27. The Balaban J connectivity index is 2.27. The van der Waals surface area contributed by atoms with Gasteiger partial charge in [-0.1, -0.05) is 56.5 Å². The first-order chi connectivity index (χ1) is 7.83. The summed E-state index contributed by atoms with van der Waals surface area (Å²) in [4.78, 5) is 4.27. The van der Waals surface area contributed by atoms with Crippen molar-refractivity contribution in [2.75, 3.05) is 6.54 Å². The van der Waals surface area contributed by atoms with Crippen molar-refractivity contribution in [2.24, 2.45) is 10.9 Å². The van der Waals surface area contributed by atoms with Crippen molar-refractivity contribution in [1.82, 2.24) is 0 Å². The Kier molecular flexibility index (Phi) is 6.03. The predicted octanol–water partition coefficient (Wildman–Crippen LogP) is 3.55.